The normalized spacial score (nSPS) is 17.5. The predicted molar refractivity (Wildman–Crippen MR) is 139 cm³/mol. The number of likely N-dealkylation sites (N-methyl/N-ethyl adjacent to an activating group) is 1. The zero-order valence-corrected chi connectivity index (χ0v) is 21.6. The molecule has 8 nitrogen and oxygen atoms in total. The van der Waals surface area contributed by atoms with Crippen LogP contribution in [0.1, 0.15) is 49.3 Å². The van der Waals surface area contributed by atoms with Crippen molar-refractivity contribution in [2.75, 3.05) is 32.8 Å². The van der Waals surface area contributed by atoms with Crippen molar-refractivity contribution in [3.8, 4) is 5.75 Å². The summed E-state index contributed by atoms with van der Waals surface area (Å²) in [6, 6.07) is 10.5. The molecule has 1 saturated heterocycles. The molecule has 1 amide bonds. The van der Waals surface area contributed by atoms with Crippen molar-refractivity contribution < 1.29 is 19.4 Å². The number of aromatic nitrogens is 2. The van der Waals surface area contributed by atoms with Gasteiger partial charge in [-0.05, 0) is 63.2 Å². The van der Waals surface area contributed by atoms with Crippen LogP contribution in [-0.4, -0.2) is 68.8 Å². The number of carbonyl (C=O) groups is 2. The maximum Gasteiger partial charge on any atom is 0.295 e. The van der Waals surface area contributed by atoms with Gasteiger partial charge in [-0.1, -0.05) is 32.0 Å². The van der Waals surface area contributed by atoms with E-state index in [9.17, 15) is 14.7 Å². The summed E-state index contributed by atoms with van der Waals surface area (Å²) < 4.78 is 7.57. The van der Waals surface area contributed by atoms with Gasteiger partial charge < -0.3 is 24.0 Å². The smallest absolute Gasteiger partial charge is 0.295 e. The van der Waals surface area contributed by atoms with E-state index in [0.717, 1.165) is 18.7 Å². The van der Waals surface area contributed by atoms with E-state index < -0.39 is 17.7 Å². The molecule has 0 radical (unpaired) electrons. The topological polar surface area (TPSA) is 87.4 Å². The standard InChI is InChI=1S/C28H34N4O4/c1-6-30(7-2)15-16-32-24(20-12-9-13-21(17-20)36-8-3)22(26(34)28(32)35)25(33)23-19(5)31-14-10-11-18(4)27(31)29-23/h9-14,17,24,33H,6-8,15-16H2,1-5H3. The molecule has 1 unspecified atom stereocenters. The number of benzene rings is 1. The van der Waals surface area contributed by atoms with Gasteiger partial charge in [-0.3, -0.25) is 9.59 Å². The van der Waals surface area contributed by atoms with Crippen LogP contribution >= 0.6 is 0 Å². The second-order valence-electron chi connectivity index (χ2n) is 8.96. The fraction of sp³-hybridized carbons (Fsp3) is 0.393. The number of carbonyl (C=O) groups excluding carboxylic acids is 2. The number of aliphatic hydroxyl groups excluding tert-OH is 1. The maximum absolute atomic E-state index is 13.4. The summed E-state index contributed by atoms with van der Waals surface area (Å²) in [5.41, 5.74) is 3.40. The van der Waals surface area contributed by atoms with Crippen molar-refractivity contribution in [3.63, 3.8) is 0 Å². The lowest BCUT2D eigenvalue weighted by Gasteiger charge is -2.28. The van der Waals surface area contributed by atoms with Crippen LogP contribution in [0.4, 0.5) is 0 Å². The number of aryl methyl sites for hydroxylation is 2. The van der Waals surface area contributed by atoms with E-state index in [-0.39, 0.29) is 11.3 Å². The van der Waals surface area contributed by atoms with Gasteiger partial charge in [0, 0.05) is 19.3 Å². The molecule has 3 heterocycles. The number of rotatable bonds is 9. The number of fused-ring (bicyclic) bond motifs is 1. The Morgan fingerprint density at radius 3 is 2.53 bits per heavy atom. The first kappa shape index (κ1) is 25.4. The number of hydrogen-bond donors (Lipinski definition) is 1. The molecule has 1 fully saturated rings. The van der Waals surface area contributed by atoms with E-state index in [1.54, 1.807) is 4.90 Å². The third-order valence-electron chi connectivity index (χ3n) is 6.88. The van der Waals surface area contributed by atoms with Gasteiger partial charge in [0.1, 0.15) is 17.1 Å². The zero-order chi connectivity index (χ0) is 26.0. The average Bonchev–Trinajstić information content (AvgIpc) is 3.35. The second kappa shape index (κ2) is 10.5. The monoisotopic (exact) mass is 490 g/mol. The van der Waals surface area contributed by atoms with Gasteiger partial charge in [-0.15, -0.1) is 0 Å². The first-order valence-corrected chi connectivity index (χ1v) is 12.5. The minimum Gasteiger partial charge on any atom is -0.505 e. The summed E-state index contributed by atoms with van der Waals surface area (Å²) in [5, 5.41) is 11.5. The number of aliphatic hydroxyl groups is 1. The molecule has 0 spiro atoms. The molecule has 1 N–H and O–H groups in total. The molecule has 0 aliphatic carbocycles. The number of likely N-dealkylation sites (tertiary alicyclic amines) is 1. The Morgan fingerprint density at radius 2 is 1.86 bits per heavy atom. The number of hydrogen-bond acceptors (Lipinski definition) is 6. The predicted octanol–water partition coefficient (Wildman–Crippen LogP) is 4.11. The minimum absolute atomic E-state index is 0.0531. The first-order chi connectivity index (χ1) is 17.3. The van der Waals surface area contributed by atoms with Gasteiger partial charge in [-0.2, -0.15) is 0 Å². The van der Waals surface area contributed by atoms with Gasteiger partial charge in [0.05, 0.1) is 23.9 Å². The van der Waals surface area contributed by atoms with E-state index in [0.29, 0.717) is 48.0 Å². The first-order valence-electron chi connectivity index (χ1n) is 12.5. The van der Waals surface area contributed by atoms with Gasteiger partial charge in [0.25, 0.3) is 11.7 Å². The summed E-state index contributed by atoms with van der Waals surface area (Å²) in [6.45, 7) is 13.0. The molecule has 190 valence electrons. The van der Waals surface area contributed by atoms with Gasteiger partial charge in [-0.25, -0.2) is 4.98 Å². The fourth-order valence-electron chi connectivity index (χ4n) is 4.86. The summed E-state index contributed by atoms with van der Waals surface area (Å²) in [6.07, 6.45) is 1.87. The van der Waals surface area contributed by atoms with Crippen LogP contribution < -0.4 is 4.74 Å². The lowest BCUT2D eigenvalue weighted by molar-refractivity contribution is -0.140. The zero-order valence-electron chi connectivity index (χ0n) is 21.6. The largest absolute Gasteiger partial charge is 0.505 e. The van der Waals surface area contributed by atoms with Gasteiger partial charge in [0.2, 0.25) is 0 Å². The second-order valence-corrected chi connectivity index (χ2v) is 8.96. The molecular weight excluding hydrogens is 456 g/mol. The van der Waals surface area contributed by atoms with E-state index in [1.165, 1.54) is 0 Å². The van der Waals surface area contributed by atoms with E-state index in [4.69, 9.17) is 4.74 Å². The molecule has 0 saturated carbocycles. The van der Waals surface area contributed by atoms with Crippen LogP contribution in [0.5, 0.6) is 5.75 Å². The summed E-state index contributed by atoms with van der Waals surface area (Å²) >= 11 is 0. The number of amides is 1. The summed E-state index contributed by atoms with van der Waals surface area (Å²) in [7, 11) is 0. The number of ketones is 1. The lowest BCUT2D eigenvalue weighted by atomic mass is 9.96. The number of nitrogens with zero attached hydrogens (tertiary/aromatic N) is 4. The van der Waals surface area contributed by atoms with E-state index >= 15 is 0 Å². The minimum atomic E-state index is -0.744. The third kappa shape index (κ3) is 4.48. The molecule has 3 aromatic rings. The van der Waals surface area contributed by atoms with Crippen molar-refractivity contribution in [2.45, 2.75) is 40.7 Å². The van der Waals surface area contributed by atoms with Crippen LogP contribution in [0.2, 0.25) is 0 Å². The number of pyridine rings is 1. The van der Waals surface area contributed by atoms with Crippen LogP contribution in [0.25, 0.3) is 11.4 Å². The molecular formula is C28H34N4O4. The Bertz CT molecular complexity index is 1320. The molecule has 2 aromatic heterocycles. The van der Waals surface area contributed by atoms with Crippen molar-refractivity contribution in [1.82, 2.24) is 19.2 Å². The maximum atomic E-state index is 13.4. The highest BCUT2D eigenvalue weighted by atomic mass is 16.5. The highest BCUT2D eigenvalue weighted by Crippen LogP contribution is 2.40. The quantitative estimate of drug-likeness (QED) is 0.276. The molecule has 0 bridgehead atoms. The highest BCUT2D eigenvalue weighted by Gasteiger charge is 2.46. The molecule has 1 aromatic carbocycles. The Kier molecular flexibility index (Phi) is 7.45. The molecule has 1 aliphatic heterocycles. The van der Waals surface area contributed by atoms with Crippen molar-refractivity contribution >= 4 is 23.1 Å². The summed E-state index contributed by atoms with van der Waals surface area (Å²) in [4.78, 5) is 35.1. The third-order valence-corrected chi connectivity index (χ3v) is 6.88. The van der Waals surface area contributed by atoms with Gasteiger partial charge in [0.15, 0.2) is 5.76 Å². The Labute approximate surface area is 211 Å². The van der Waals surface area contributed by atoms with Crippen molar-refractivity contribution in [1.29, 1.82) is 0 Å². The Balaban J connectivity index is 1.88. The van der Waals surface area contributed by atoms with Crippen molar-refractivity contribution in [2.24, 2.45) is 0 Å². The Morgan fingerprint density at radius 1 is 1.11 bits per heavy atom. The molecule has 36 heavy (non-hydrogen) atoms. The molecule has 1 atom stereocenters. The van der Waals surface area contributed by atoms with Gasteiger partial charge >= 0.3 is 0 Å². The highest BCUT2D eigenvalue weighted by molar-refractivity contribution is 6.46. The number of imidazole rings is 1. The average molecular weight is 491 g/mol. The lowest BCUT2D eigenvalue weighted by Crippen LogP contribution is -2.38. The Hall–Kier alpha value is -3.65. The molecule has 8 heteroatoms. The molecule has 4 rings (SSSR count). The number of Topliss-reactive ketones (excluding diaryl/α,β-unsaturated/α-hetero) is 1. The van der Waals surface area contributed by atoms with Crippen LogP contribution in [0, 0.1) is 13.8 Å². The van der Waals surface area contributed by atoms with Crippen molar-refractivity contribution in [3.05, 3.63) is 70.7 Å². The SMILES string of the molecule is CCOc1cccc(C2C(=C(O)c3nc4c(C)cccn4c3C)C(=O)C(=O)N2CCN(CC)CC)c1. The van der Waals surface area contributed by atoms with Crippen LogP contribution in [0.3, 0.4) is 0 Å². The number of ether oxygens (including phenoxy) is 1. The van der Waals surface area contributed by atoms with Crippen LogP contribution in [-0.2, 0) is 9.59 Å². The van der Waals surface area contributed by atoms with E-state index in [2.05, 4.69) is 23.7 Å². The van der Waals surface area contributed by atoms with Crippen LogP contribution in [0.15, 0.2) is 48.2 Å². The van der Waals surface area contributed by atoms with E-state index in [1.807, 2.05) is 67.8 Å². The summed E-state index contributed by atoms with van der Waals surface area (Å²) in [5.74, 6) is -0.935. The fourth-order valence-corrected chi connectivity index (χ4v) is 4.86. The molecule has 1 aliphatic rings.